The largest absolute Gasteiger partial charge is 0.356 e. The third-order valence-electron chi connectivity index (χ3n) is 6.53. The van der Waals surface area contributed by atoms with Gasteiger partial charge in [-0.15, -0.1) is 0 Å². The van der Waals surface area contributed by atoms with Gasteiger partial charge in [0.15, 0.2) is 5.96 Å². The van der Waals surface area contributed by atoms with Crippen molar-refractivity contribution in [1.82, 2.24) is 20.4 Å². The van der Waals surface area contributed by atoms with Gasteiger partial charge in [-0.1, -0.05) is 42.7 Å². The van der Waals surface area contributed by atoms with Crippen LogP contribution in [0, 0.1) is 6.92 Å². The number of rotatable bonds is 9. The van der Waals surface area contributed by atoms with Crippen LogP contribution < -0.4 is 10.6 Å². The summed E-state index contributed by atoms with van der Waals surface area (Å²) in [6.45, 7) is 10.5. The number of benzene rings is 1. The number of aliphatic imine (C=N–C) groups is 1. The highest BCUT2D eigenvalue weighted by Gasteiger charge is 2.20. The summed E-state index contributed by atoms with van der Waals surface area (Å²) < 4.78 is 0. The maximum atomic E-state index is 4.44. The lowest BCUT2D eigenvalue weighted by Crippen LogP contribution is -2.48. The monoisotopic (exact) mass is 413 g/mol. The van der Waals surface area contributed by atoms with Crippen LogP contribution in [-0.4, -0.2) is 68.1 Å². The van der Waals surface area contributed by atoms with Crippen molar-refractivity contribution in [1.29, 1.82) is 0 Å². The average Bonchev–Trinajstić information content (AvgIpc) is 2.77. The molecule has 2 heterocycles. The Hall–Kier alpha value is -1.59. The molecule has 2 saturated heterocycles. The molecule has 3 rings (SSSR count). The molecule has 0 amide bonds. The maximum absolute atomic E-state index is 4.44. The van der Waals surface area contributed by atoms with Crippen molar-refractivity contribution in [3.05, 3.63) is 35.4 Å². The SMILES string of the molecule is CN=C(NCCCCCN1CCCCC1)NC1CCN(Cc2cccc(C)c2)CC1. The third-order valence-corrected chi connectivity index (χ3v) is 6.53. The highest BCUT2D eigenvalue weighted by molar-refractivity contribution is 5.79. The fourth-order valence-corrected chi connectivity index (χ4v) is 4.72. The Bertz CT molecular complexity index is 630. The zero-order chi connectivity index (χ0) is 21.0. The first-order valence-electron chi connectivity index (χ1n) is 12.2. The number of likely N-dealkylation sites (tertiary alicyclic amines) is 2. The van der Waals surface area contributed by atoms with E-state index in [1.165, 1.54) is 82.1 Å². The fraction of sp³-hybridized carbons (Fsp3) is 0.720. The molecule has 2 fully saturated rings. The number of guanidine groups is 1. The molecule has 0 saturated carbocycles. The highest BCUT2D eigenvalue weighted by atomic mass is 15.2. The maximum Gasteiger partial charge on any atom is 0.191 e. The molecule has 1 aromatic rings. The zero-order valence-electron chi connectivity index (χ0n) is 19.3. The predicted octanol–water partition coefficient (Wildman–Crippen LogP) is 3.78. The van der Waals surface area contributed by atoms with Gasteiger partial charge in [-0.2, -0.15) is 0 Å². The molecular formula is C25H43N5. The van der Waals surface area contributed by atoms with Gasteiger partial charge in [-0.05, 0) is 70.6 Å². The van der Waals surface area contributed by atoms with Gasteiger partial charge in [0.25, 0.3) is 0 Å². The molecule has 2 aliphatic rings. The molecule has 0 bridgehead atoms. The second kappa shape index (κ2) is 13.0. The van der Waals surface area contributed by atoms with E-state index in [0.717, 1.165) is 32.1 Å². The lowest BCUT2D eigenvalue weighted by atomic mass is 10.0. The third kappa shape index (κ3) is 8.27. The van der Waals surface area contributed by atoms with Gasteiger partial charge in [0.2, 0.25) is 0 Å². The molecule has 0 aromatic heterocycles. The first-order valence-corrected chi connectivity index (χ1v) is 12.2. The summed E-state index contributed by atoms with van der Waals surface area (Å²) in [6.07, 6.45) is 10.4. The van der Waals surface area contributed by atoms with Crippen LogP contribution in [0.4, 0.5) is 0 Å². The number of nitrogens with one attached hydrogen (secondary N) is 2. The highest BCUT2D eigenvalue weighted by Crippen LogP contribution is 2.15. The number of nitrogens with zero attached hydrogens (tertiary/aromatic N) is 3. The molecule has 0 unspecified atom stereocenters. The number of aryl methyl sites for hydroxylation is 1. The minimum absolute atomic E-state index is 0.532. The number of hydrogen-bond acceptors (Lipinski definition) is 3. The Balaban J connectivity index is 1.25. The van der Waals surface area contributed by atoms with E-state index in [1.807, 2.05) is 7.05 Å². The molecule has 30 heavy (non-hydrogen) atoms. The minimum Gasteiger partial charge on any atom is -0.356 e. The molecule has 1 aromatic carbocycles. The molecule has 5 nitrogen and oxygen atoms in total. The average molecular weight is 414 g/mol. The number of piperidine rings is 2. The van der Waals surface area contributed by atoms with E-state index in [0.29, 0.717) is 6.04 Å². The molecule has 0 aliphatic carbocycles. The van der Waals surface area contributed by atoms with Crippen LogP contribution in [0.25, 0.3) is 0 Å². The molecule has 2 N–H and O–H groups in total. The second-order valence-electron chi connectivity index (χ2n) is 9.15. The normalized spacial score (nSPS) is 19.7. The summed E-state index contributed by atoms with van der Waals surface area (Å²) in [7, 11) is 1.89. The van der Waals surface area contributed by atoms with Crippen LogP contribution in [-0.2, 0) is 6.54 Å². The van der Waals surface area contributed by atoms with E-state index in [-0.39, 0.29) is 0 Å². The molecule has 168 valence electrons. The molecule has 2 aliphatic heterocycles. The Kier molecular flexibility index (Phi) is 9.97. The summed E-state index contributed by atoms with van der Waals surface area (Å²) >= 11 is 0. The van der Waals surface area contributed by atoms with Crippen molar-refractivity contribution >= 4 is 5.96 Å². The molecule has 0 atom stereocenters. The van der Waals surface area contributed by atoms with Crippen molar-refractivity contribution in [2.75, 3.05) is 46.3 Å². The van der Waals surface area contributed by atoms with Crippen molar-refractivity contribution in [2.24, 2.45) is 4.99 Å². The van der Waals surface area contributed by atoms with Crippen LogP contribution in [0.3, 0.4) is 0 Å². The number of unbranched alkanes of at least 4 members (excludes halogenated alkanes) is 2. The van der Waals surface area contributed by atoms with Crippen LogP contribution in [0.15, 0.2) is 29.3 Å². The van der Waals surface area contributed by atoms with E-state index in [9.17, 15) is 0 Å². The van der Waals surface area contributed by atoms with Crippen molar-refractivity contribution in [2.45, 2.75) is 70.9 Å². The van der Waals surface area contributed by atoms with Crippen LogP contribution >= 0.6 is 0 Å². The van der Waals surface area contributed by atoms with Gasteiger partial charge in [0, 0.05) is 39.3 Å². The summed E-state index contributed by atoms with van der Waals surface area (Å²) in [5.41, 5.74) is 2.78. The number of hydrogen-bond donors (Lipinski definition) is 2. The zero-order valence-corrected chi connectivity index (χ0v) is 19.3. The first kappa shape index (κ1) is 23.1. The molecule has 0 radical (unpaired) electrons. The van der Waals surface area contributed by atoms with Crippen molar-refractivity contribution in [3.63, 3.8) is 0 Å². The Labute approximate surface area is 184 Å². The molecule has 0 spiro atoms. The van der Waals surface area contributed by atoms with Gasteiger partial charge < -0.3 is 15.5 Å². The summed E-state index contributed by atoms with van der Waals surface area (Å²) in [5.74, 6) is 0.975. The van der Waals surface area contributed by atoms with Gasteiger partial charge >= 0.3 is 0 Å². The van der Waals surface area contributed by atoms with Gasteiger partial charge in [-0.3, -0.25) is 9.89 Å². The van der Waals surface area contributed by atoms with Gasteiger partial charge in [-0.25, -0.2) is 0 Å². The predicted molar refractivity (Wildman–Crippen MR) is 128 cm³/mol. The standard InChI is InChI=1S/C25H43N5/c1-22-10-9-11-23(20-22)21-30-18-12-24(13-19-30)28-25(26-2)27-14-5-3-6-15-29-16-7-4-8-17-29/h9-11,20,24H,3-8,12-19,21H2,1-2H3,(H2,26,27,28). The first-order chi connectivity index (χ1) is 14.7. The second-order valence-corrected chi connectivity index (χ2v) is 9.15. The van der Waals surface area contributed by atoms with Crippen molar-refractivity contribution < 1.29 is 0 Å². The van der Waals surface area contributed by atoms with E-state index in [1.54, 1.807) is 0 Å². The molecule has 5 heteroatoms. The van der Waals surface area contributed by atoms with Crippen LogP contribution in [0.5, 0.6) is 0 Å². The summed E-state index contributed by atoms with van der Waals surface area (Å²) in [5, 5.41) is 7.17. The Morgan fingerprint density at radius 3 is 2.53 bits per heavy atom. The molecular weight excluding hydrogens is 370 g/mol. The van der Waals surface area contributed by atoms with E-state index >= 15 is 0 Å². The van der Waals surface area contributed by atoms with E-state index in [4.69, 9.17) is 0 Å². The lowest BCUT2D eigenvalue weighted by molar-refractivity contribution is 0.198. The van der Waals surface area contributed by atoms with E-state index in [2.05, 4.69) is 56.6 Å². The lowest BCUT2D eigenvalue weighted by Gasteiger charge is -2.33. The van der Waals surface area contributed by atoms with Crippen molar-refractivity contribution in [3.8, 4) is 0 Å². The van der Waals surface area contributed by atoms with Crippen LogP contribution in [0.2, 0.25) is 0 Å². The summed E-state index contributed by atoms with van der Waals surface area (Å²) in [6, 6.07) is 9.43. The van der Waals surface area contributed by atoms with E-state index < -0.39 is 0 Å². The summed E-state index contributed by atoms with van der Waals surface area (Å²) in [4.78, 5) is 9.66. The van der Waals surface area contributed by atoms with Gasteiger partial charge in [0.1, 0.15) is 0 Å². The van der Waals surface area contributed by atoms with Gasteiger partial charge in [0.05, 0.1) is 0 Å². The van der Waals surface area contributed by atoms with Crippen LogP contribution in [0.1, 0.15) is 62.5 Å². The minimum atomic E-state index is 0.532. The topological polar surface area (TPSA) is 42.9 Å². The Morgan fingerprint density at radius 2 is 1.80 bits per heavy atom. The fourth-order valence-electron chi connectivity index (χ4n) is 4.72. The smallest absolute Gasteiger partial charge is 0.191 e. The Morgan fingerprint density at radius 1 is 1.00 bits per heavy atom. The quantitative estimate of drug-likeness (QED) is 0.367.